The molecule has 1 aromatic heterocycles. The molecule has 0 aliphatic heterocycles. The second-order valence-electron chi connectivity index (χ2n) is 19.6. The van der Waals surface area contributed by atoms with Crippen LogP contribution in [-0.2, 0) is 5.41 Å². The van der Waals surface area contributed by atoms with Gasteiger partial charge in [-0.1, -0.05) is 237 Å². The van der Waals surface area contributed by atoms with E-state index in [4.69, 9.17) is 0 Å². The van der Waals surface area contributed by atoms with E-state index in [2.05, 4.69) is 313 Å². The third-order valence-corrected chi connectivity index (χ3v) is 15.5. The average molecular weight is 955 g/mol. The second-order valence-corrected chi connectivity index (χ2v) is 19.6. The van der Waals surface area contributed by atoms with Gasteiger partial charge in [0.1, 0.15) is 0 Å². The molecule has 12 aromatic carbocycles. The highest BCUT2D eigenvalue weighted by Crippen LogP contribution is 2.56. The van der Waals surface area contributed by atoms with Crippen molar-refractivity contribution in [1.29, 1.82) is 0 Å². The van der Waals surface area contributed by atoms with Crippen LogP contribution in [0.1, 0.15) is 22.3 Å². The van der Waals surface area contributed by atoms with Crippen molar-refractivity contribution in [2.45, 2.75) is 5.41 Å². The molecular weight excluding hydrogens is 905 g/mol. The summed E-state index contributed by atoms with van der Waals surface area (Å²) in [6, 6.07) is 111. The van der Waals surface area contributed by atoms with Crippen molar-refractivity contribution in [2.75, 3.05) is 4.90 Å². The Morgan fingerprint density at radius 3 is 1.17 bits per heavy atom. The van der Waals surface area contributed by atoms with Crippen LogP contribution in [0, 0.1) is 0 Å². The number of aromatic nitrogens is 1. The number of hydrogen-bond acceptors (Lipinski definition) is 1. The van der Waals surface area contributed by atoms with Crippen LogP contribution in [0.3, 0.4) is 0 Å². The summed E-state index contributed by atoms with van der Waals surface area (Å²) < 4.78 is 2.46. The number of fused-ring (bicyclic) bond motifs is 6. The van der Waals surface area contributed by atoms with E-state index in [0.717, 1.165) is 22.7 Å². The third kappa shape index (κ3) is 7.49. The topological polar surface area (TPSA) is 8.17 Å². The maximum Gasteiger partial charge on any atom is 0.0714 e. The van der Waals surface area contributed by atoms with Crippen molar-refractivity contribution in [3.63, 3.8) is 0 Å². The first-order chi connectivity index (χ1) is 37.2. The fourth-order valence-corrected chi connectivity index (χ4v) is 12.0. The molecule has 2 nitrogen and oxygen atoms in total. The molecule has 1 aliphatic carbocycles. The Balaban J connectivity index is 0.798. The van der Waals surface area contributed by atoms with Crippen molar-refractivity contribution in [3.05, 3.63) is 326 Å². The smallest absolute Gasteiger partial charge is 0.0714 e. The fraction of sp³-hybridized carbons (Fsp3) is 0.0137. The van der Waals surface area contributed by atoms with Crippen LogP contribution in [0.5, 0.6) is 0 Å². The molecule has 75 heavy (non-hydrogen) atoms. The molecule has 352 valence electrons. The lowest BCUT2D eigenvalue weighted by molar-refractivity contribution is 0.767. The molecule has 0 unspecified atom stereocenters. The maximum absolute atomic E-state index is 2.46. The second kappa shape index (κ2) is 18.4. The summed E-state index contributed by atoms with van der Waals surface area (Å²) in [5, 5.41) is 2.47. The van der Waals surface area contributed by atoms with E-state index in [1.807, 2.05) is 0 Å². The van der Waals surface area contributed by atoms with Gasteiger partial charge in [0.05, 0.1) is 16.4 Å². The van der Waals surface area contributed by atoms with E-state index in [1.54, 1.807) is 0 Å². The van der Waals surface area contributed by atoms with Gasteiger partial charge in [-0.15, -0.1) is 0 Å². The van der Waals surface area contributed by atoms with Gasteiger partial charge < -0.3 is 9.47 Å². The first-order valence-corrected chi connectivity index (χ1v) is 25.9. The molecule has 0 bridgehead atoms. The summed E-state index contributed by atoms with van der Waals surface area (Å²) in [6.45, 7) is 0. The Labute approximate surface area is 438 Å². The standard InChI is InChI=1S/C73H50N2/c1-5-17-51(18-6-1)54-33-40-61(41-34-54)74(62-42-35-55(36-43-62)52-19-7-2-8-20-52)63-44-37-56(38-45-63)53-29-31-57(32-30-53)58-39-48-72-68(49-58)67-26-14-16-28-71(67)75(72)64-46-47-66-65-25-13-15-27-69(65)73(70(66)50-64,59-21-9-3-10-22-59)60-23-11-4-12-24-60/h1-50H. The largest absolute Gasteiger partial charge is 0.311 e. The minimum atomic E-state index is -0.475. The Morgan fingerprint density at radius 2 is 0.640 bits per heavy atom. The lowest BCUT2D eigenvalue weighted by atomic mass is 9.67. The molecule has 14 rings (SSSR count). The summed E-state index contributed by atoms with van der Waals surface area (Å²) in [4.78, 5) is 2.34. The van der Waals surface area contributed by atoms with Gasteiger partial charge in [-0.2, -0.15) is 0 Å². The van der Waals surface area contributed by atoms with E-state index in [0.29, 0.717) is 0 Å². The summed E-state index contributed by atoms with van der Waals surface area (Å²) in [5.41, 5.74) is 23.6. The van der Waals surface area contributed by atoms with Crippen LogP contribution in [0.15, 0.2) is 303 Å². The van der Waals surface area contributed by atoms with E-state index in [1.165, 1.54) is 99.7 Å². The Kier molecular flexibility index (Phi) is 10.8. The van der Waals surface area contributed by atoms with Crippen LogP contribution in [0.4, 0.5) is 17.1 Å². The number of hydrogen-bond donors (Lipinski definition) is 0. The summed E-state index contributed by atoms with van der Waals surface area (Å²) in [6.07, 6.45) is 0. The lowest BCUT2D eigenvalue weighted by Gasteiger charge is -2.34. The average Bonchev–Trinajstić information content (AvgIpc) is 4.01. The molecule has 1 heterocycles. The summed E-state index contributed by atoms with van der Waals surface area (Å²) in [5.74, 6) is 0. The van der Waals surface area contributed by atoms with E-state index >= 15 is 0 Å². The SMILES string of the molecule is c1ccc(-c2ccc(N(c3ccc(-c4ccccc4)cc3)c3ccc(-c4ccc(-c5ccc6c(c5)c5ccccc5n6-c5ccc6c(c5)C(c5ccccc5)(c5ccccc5)c5ccccc5-6)cc4)cc3)cc2)cc1. The van der Waals surface area contributed by atoms with E-state index in [9.17, 15) is 0 Å². The molecule has 0 spiro atoms. The predicted octanol–water partition coefficient (Wildman–Crippen LogP) is 19.3. The van der Waals surface area contributed by atoms with Crippen molar-refractivity contribution < 1.29 is 0 Å². The van der Waals surface area contributed by atoms with Gasteiger partial charge in [-0.3, -0.25) is 0 Å². The summed E-state index contributed by atoms with van der Waals surface area (Å²) >= 11 is 0. The molecular formula is C73H50N2. The van der Waals surface area contributed by atoms with Gasteiger partial charge >= 0.3 is 0 Å². The third-order valence-electron chi connectivity index (χ3n) is 15.5. The first-order valence-electron chi connectivity index (χ1n) is 25.9. The van der Waals surface area contributed by atoms with Crippen LogP contribution >= 0.6 is 0 Å². The quantitative estimate of drug-likeness (QED) is 0.133. The number of rotatable bonds is 10. The molecule has 0 saturated carbocycles. The summed E-state index contributed by atoms with van der Waals surface area (Å²) in [7, 11) is 0. The van der Waals surface area contributed by atoms with E-state index in [-0.39, 0.29) is 0 Å². The van der Waals surface area contributed by atoms with Gasteiger partial charge in [-0.05, 0) is 145 Å². The van der Waals surface area contributed by atoms with Gasteiger partial charge in [-0.25, -0.2) is 0 Å². The molecule has 0 fully saturated rings. The van der Waals surface area contributed by atoms with Crippen LogP contribution in [0.25, 0.3) is 83.1 Å². The highest BCUT2D eigenvalue weighted by molar-refractivity contribution is 6.10. The Morgan fingerprint density at radius 1 is 0.253 bits per heavy atom. The number of anilines is 3. The predicted molar refractivity (Wildman–Crippen MR) is 315 cm³/mol. The first kappa shape index (κ1) is 44.0. The van der Waals surface area contributed by atoms with Gasteiger partial charge in [0.25, 0.3) is 0 Å². The van der Waals surface area contributed by atoms with Gasteiger partial charge in [0.2, 0.25) is 0 Å². The number of benzene rings is 12. The molecule has 0 saturated heterocycles. The van der Waals surface area contributed by atoms with Gasteiger partial charge in [0.15, 0.2) is 0 Å². The van der Waals surface area contributed by atoms with Crippen molar-refractivity contribution in [1.82, 2.24) is 4.57 Å². The number of nitrogens with zero attached hydrogens (tertiary/aromatic N) is 2. The van der Waals surface area contributed by atoms with Crippen molar-refractivity contribution >= 4 is 38.9 Å². The molecule has 0 N–H and O–H groups in total. The lowest BCUT2D eigenvalue weighted by Crippen LogP contribution is -2.28. The highest BCUT2D eigenvalue weighted by Gasteiger charge is 2.46. The molecule has 0 amide bonds. The zero-order valence-electron chi connectivity index (χ0n) is 41.3. The van der Waals surface area contributed by atoms with Crippen LogP contribution in [-0.4, -0.2) is 4.57 Å². The fourth-order valence-electron chi connectivity index (χ4n) is 12.0. The number of para-hydroxylation sites is 1. The molecule has 0 radical (unpaired) electrons. The zero-order chi connectivity index (χ0) is 49.7. The van der Waals surface area contributed by atoms with Crippen LogP contribution in [0.2, 0.25) is 0 Å². The van der Waals surface area contributed by atoms with E-state index < -0.39 is 5.41 Å². The Bertz CT molecular complexity index is 4040. The minimum absolute atomic E-state index is 0.475. The van der Waals surface area contributed by atoms with Crippen molar-refractivity contribution in [2.24, 2.45) is 0 Å². The molecule has 0 atom stereocenters. The molecule has 1 aliphatic rings. The normalized spacial score (nSPS) is 12.4. The maximum atomic E-state index is 2.46. The van der Waals surface area contributed by atoms with Gasteiger partial charge in [0, 0.05) is 33.5 Å². The molecule has 13 aromatic rings. The monoisotopic (exact) mass is 954 g/mol. The zero-order valence-corrected chi connectivity index (χ0v) is 41.3. The Hall–Kier alpha value is -9.76. The van der Waals surface area contributed by atoms with Crippen LogP contribution < -0.4 is 4.90 Å². The van der Waals surface area contributed by atoms with Crippen molar-refractivity contribution in [3.8, 4) is 61.3 Å². The molecule has 2 heteroatoms. The minimum Gasteiger partial charge on any atom is -0.311 e. The highest BCUT2D eigenvalue weighted by atomic mass is 15.1.